The van der Waals surface area contributed by atoms with Crippen molar-refractivity contribution in [2.45, 2.75) is 26.3 Å². The molecule has 36 heavy (non-hydrogen) atoms. The van der Waals surface area contributed by atoms with Crippen molar-refractivity contribution in [3.8, 4) is 17.2 Å². The highest BCUT2D eigenvalue weighted by molar-refractivity contribution is 6.32. The maximum absolute atomic E-state index is 13.7. The normalized spacial score (nSPS) is 14.7. The molecular weight excluding hydrogens is 484 g/mol. The molecule has 1 atom stereocenters. The number of carbonyl (C=O) groups excluding carboxylic acids is 1. The summed E-state index contributed by atoms with van der Waals surface area (Å²) in [6, 6.07) is 13.4. The maximum atomic E-state index is 13.7. The number of halogens is 1. The summed E-state index contributed by atoms with van der Waals surface area (Å²) in [5.41, 5.74) is 3.91. The molecule has 0 radical (unpaired) electrons. The second-order valence-corrected chi connectivity index (χ2v) is 9.14. The molecule has 0 saturated heterocycles. The molecule has 0 bridgehead atoms. The van der Waals surface area contributed by atoms with Crippen molar-refractivity contribution in [1.29, 1.82) is 0 Å². The molecule has 1 aliphatic rings. The number of nitrogens with zero attached hydrogens (tertiary/aromatic N) is 2. The van der Waals surface area contributed by atoms with Crippen LogP contribution in [0.15, 0.2) is 48.5 Å². The van der Waals surface area contributed by atoms with E-state index in [-0.39, 0.29) is 28.8 Å². The molecule has 4 rings (SSSR count). The molecule has 1 amide bonds. The number of amides is 1. The van der Waals surface area contributed by atoms with Crippen molar-refractivity contribution in [2.75, 3.05) is 27.4 Å². The van der Waals surface area contributed by atoms with Crippen LogP contribution in [0.3, 0.4) is 0 Å². The molecule has 1 unspecified atom stereocenters. The number of hydrogen-bond acceptors (Lipinski definition) is 6. The number of nitro benzene ring substituents is 1. The summed E-state index contributed by atoms with van der Waals surface area (Å²) in [5.74, 6) is 1.52. The number of methoxy groups -OCH3 is 2. The topological polar surface area (TPSA) is 91.1 Å². The van der Waals surface area contributed by atoms with Crippen molar-refractivity contribution in [1.82, 2.24) is 4.90 Å². The Bertz CT molecular complexity index is 1310. The van der Waals surface area contributed by atoms with Gasteiger partial charge in [0.2, 0.25) is 0 Å². The molecule has 188 valence electrons. The van der Waals surface area contributed by atoms with Gasteiger partial charge in [-0.25, -0.2) is 0 Å². The highest BCUT2D eigenvalue weighted by Crippen LogP contribution is 2.39. The predicted molar refractivity (Wildman–Crippen MR) is 137 cm³/mol. The largest absolute Gasteiger partial charge is 0.493 e. The number of ether oxygens (including phenoxy) is 3. The van der Waals surface area contributed by atoms with Crippen molar-refractivity contribution < 1.29 is 23.9 Å². The third-order valence-corrected chi connectivity index (χ3v) is 6.58. The van der Waals surface area contributed by atoms with Crippen LogP contribution in [0, 0.1) is 24.0 Å². The van der Waals surface area contributed by atoms with Gasteiger partial charge in [-0.2, -0.15) is 0 Å². The molecule has 0 fully saturated rings. The summed E-state index contributed by atoms with van der Waals surface area (Å²) in [5, 5.41) is 11.4. The number of hydrogen-bond donors (Lipinski definition) is 0. The Hall–Kier alpha value is -3.78. The zero-order valence-electron chi connectivity index (χ0n) is 20.5. The summed E-state index contributed by atoms with van der Waals surface area (Å²) in [7, 11) is 3.14. The van der Waals surface area contributed by atoms with Crippen molar-refractivity contribution in [2.24, 2.45) is 0 Å². The van der Waals surface area contributed by atoms with Gasteiger partial charge in [-0.1, -0.05) is 17.7 Å². The van der Waals surface area contributed by atoms with Crippen LogP contribution in [0.4, 0.5) is 5.69 Å². The number of carbonyl (C=O) groups is 1. The Morgan fingerprint density at radius 3 is 2.36 bits per heavy atom. The van der Waals surface area contributed by atoms with E-state index in [0.29, 0.717) is 30.2 Å². The minimum atomic E-state index is -0.595. The van der Waals surface area contributed by atoms with E-state index in [0.717, 1.165) is 22.3 Å². The highest BCUT2D eigenvalue weighted by atomic mass is 35.5. The fourth-order valence-electron chi connectivity index (χ4n) is 4.59. The highest BCUT2D eigenvalue weighted by Gasteiger charge is 2.34. The van der Waals surface area contributed by atoms with Gasteiger partial charge >= 0.3 is 0 Å². The lowest BCUT2D eigenvalue weighted by Crippen LogP contribution is -2.42. The molecule has 0 aromatic heterocycles. The van der Waals surface area contributed by atoms with Crippen molar-refractivity contribution in [3.05, 3.63) is 91.5 Å². The molecule has 9 heteroatoms. The van der Waals surface area contributed by atoms with Gasteiger partial charge in [0, 0.05) is 18.2 Å². The molecule has 0 saturated carbocycles. The van der Waals surface area contributed by atoms with Gasteiger partial charge < -0.3 is 19.1 Å². The second kappa shape index (κ2) is 10.5. The second-order valence-electron chi connectivity index (χ2n) is 8.73. The van der Waals surface area contributed by atoms with E-state index in [9.17, 15) is 14.9 Å². The molecule has 0 aliphatic carbocycles. The third kappa shape index (κ3) is 5.09. The van der Waals surface area contributed by atoms with E-state index in [1.165, 1.54) is 18.2 Å². The third-order valence-electron chi connectivity index (χ3n) is 6.26. The zero-order valence-corrected chi connectivity index (χ0v) is 21.3. The lowest BCUT2D eigenvalue weighted by Gasteiger charge is -2.37. The van der Waals surface area contributed by atoms with Crippen LogP contribution in [0.2, 0.25) is 5.02 Å². The lowest BCUT2D eigenvalue weighted by molar-refractivity contribution is -0.384. The van der Waals surface area contributed by atoms with Crippen molar-refractivity contribution >= 4 is 23.2 Å². The Morgan fingerprint density at radius 1 is 1.06 bits per heavy atom. The summed E-state index contributed by atoms with van der Waals surface area (Å²) in [4.78, 5) is 26.1. The van der Waals surface area contributed by atoms with Crippen LogP contribution in [-0.2, 0) is 6.42 Å². The minimum absolute atomic E-state index is 0.0212. The molecule has 3 aromatic carbocycles. The van der Waals surface area contributed by atoms with Gasteiger partial charge in [-0.15, -0.1) is 0 Å². The molecule has 8 nitrogen and oxygen atoms in total. The first-order chi connectivity index (χ1) is 17.2. The molecule has 3 aromatic rings. The summed E-state index contributed by atoms with van der Waals surface area (Å²) in [6.07, 6.45) is 0.581. The monoisotopic (exact) mass is 510 g/mol. The van der Waals surface area contributed by atoms with Crippen molar-refractivity contribution in [3.63, 3.8) is 0 Å². The first kappa shape index (κ1) is 25.3. The summed E-state index contributed by atoms with van der Waals surface area (Å²) in [6.45, 7) is 4.58. The van der Waals surface area contributed by atoms with Gasteiger partial charge in [0.15, 0.2) is 11.5 Å². The number of nitro groups is 1. The number of fused-ring (bicyclic) bond motifs is 1. The first-order valence-electron chi connectivity index (χ1n) is 11.4. The van der Waals surface area contributed by atoms with E-state index in [4.69, 9.17) is 25.8 Å². The standard InChI is InChI=1S/C27H27ClN2O6/c1-16-9-17(2)11-20(10-16)36-15-24-21-14-26(35-4)25(34-3)13-18(21)7-8-29(24)27(31)19-5-6-22(28)23(12-19)30(32)33/h5-6,9-14,24H,7-8,15H2,1-4H3. The first-order valence-corrected chi connectivity index (χ1v) is 11.8. The Labute approximate surface area is 214 Å². The van der Waals surface area contributed by atoms with Crippen LogP contribution in [0.1, 0.15) is 38.7 Å². The molecule has 1 aliphatic heterocycles. The van der Waals surface area contributed by atoms with E-state index in [1.807, 2.05) is 38.1 Å². The average molecular weight is 511 g/mol. The van der Waals surface area contributed by atoms with E-state index in [1.54, 1.807) is 19.1 Å². The van der Waals surface area contributed by atoms with Crippen LogP contribution in [0.5, 0.6) is 17.2 Å². The summed E-state index contributed by atoms with van der Waals surface area (Å²) >= 11 is 5.97. The Balaban J connectivity index is 1.74. The maximum Gasteiger partial charge on any atom is 0.288 e. The lowest BCUT2D eigenvalue weighted by atomic mass is 9.91. The van der Waals surface area contributed by atoms with E-state index >= 15 is 0 Å². The van der Waals surface area contributed by atoms with Crippen LogP contribution in [-0.4, -0.2) is 43.1 Å². The predicted octanol–water partition coefficient (Wildman–Crippen LogP) is 5.70. The van der Waals surface area contributed by atoms with Gasteiger partial charge in [-0.05, 0) is 78.9 Å². The van der Waals surface area contributed by atoms with Gasteiger partial charge in [-0.3, -0.25) is 14.9 Å². The van der Waals surface area contributed by atoms with Gasteiger partial charge in [0.1, 0.15) is 17.4 Å². The fraction of sp³-hybridized carbons (Fsp3) is 0.296. The fourth-order valence-corrected chi connectivity index (χ4v) is 4.78. The molecule has 0 N–H and O–H groups in total. The van der Waals surface area contributed by atoms with Gasteiger partial charge in [0.25, 0.3) is 11.6 Å². The number of rotatable bonds is 7. The van der Waals surface area contributed by atoms with Crippen LogP contribution < -0.4 is 14.2 Å². The minimum Gasteiger partial charge on any atom is -0.493 e. The SMILES string of the molecule is COc1cc2c(cc1OC)C(COc1cc(C)cc(C)c1)N(C(=O)c1ccc(Cl)c([N+](=O)[O-])c1)CC2. The van der Waals surface area contributed by atoms with Crippen LogP contribution >= 0.6 is 11.6 Å². The zero-order chi connectivity index (χ0) is 26.0. The Kier molecular flexibility index (Phi) is 7.35. The van der Waals surface area contributed by atoms with E-state index in [2.05, 4.69) is 6.07 Å². The van der Waals surface area contributed by atoms with Gasteiger partial charge in [0.05, 0.1) is 25.2 Å². The molecule has 1 heterocycles. The Morgan fingerprint density at radius 2 is 1.72 bits per heavy atom. The number of benzene rings is 3. The quantitative estimate of drug-likeness (QED) is 0.299. The smallest absolute Gasteiger partial charge is 0.288 e. The number of aryl methyl sites for hydroxylation is 2. The molecule has 0 spiro atoms. The molecular formula is C27H27ClN2O6. The summed E-state index contributed by atoms with van der Waals surface area (Å²) < 4.78 is 17.2. The average Bonchev–Trinajstić information content (AvgIpc) is 2.85. The van der Waals surface area contributed by atoms with Crippen LogP contribution in [0.25, 0.3) is 0 Å². The van der Waals surface area contributed by atoms with E-state index < -0.39 is 11.0 Å².